The summed E-state index contributed by atoms with van der Waals surface area (Å²) in [5.74, 6) is 0.587. The molecular weight excluding hydrogens is 794 g/mol. The van der Waals surface area contributed by atoms with Gasteiger partial charge in [-0.25, -0.2) is 9.36 Å². The normalized spacial score (nSPS) is 17.8. The first-order chi connectivity index (χ1) is 27.1. The fraction of sp³-hybridized carbons (Fsp3) is 0.395. The smallest absolute Gasteiger partial charge is 0.414 e. The summed E-state index contributed by atoms with van der Waals surface area (Å²) in [7, 11) is -1.28. The van der Waals surface area contributed by atoms with Crippen LogP contribution in [0.5, 0.6) is 11.5 Å². The topological polar surface area (TPSA) is 214 Å². The van der Waals surface area contributed by atoms with E-state index in [9.17, 15) is 23.7 Å². The van der Waals surface area contributed by atoms with Crippen LogP contribution in [0.15, 0.2) is 84.9 Å². The molecule has 0 aliphatic carbocycles. The minimum absolute atomic E-state index is 0.0458. The minimum atomic E-state index is -4.19. The molecule has 3 aromatic carbocycles. The lowest BCUT2D eigenvalue weighted by molar-refractivity contribution is -0.122. The molecule has 0 spiro atoms. The van der Waals surface area contributed by atoms with Crippen molar-refractivity contribution in [3.8, 4) is 11.5 Å². The molecule has 0 saturated carbocycles. The Morgan fingerprint density at radius 3 is 1.98 bits per heavy atom. The number of thioether (sulfide) groups is 1. The van der Waals surface area contributed by atoms with Gasteiger partial charge in [-0.05, 0) is 42.7 Å². The van der Waals surface area contributed by atoms with Crippen molar-refractivity contribution in [1.29, 1.82) is 5.41 Å². The summed E-state index contributed by atoms with van der Waals surface area (Å²) in [5.41, 5.74) is 6.56. The number of amidine groups is 1. The number of hydrogen-bond acceptors (Lipinski definition) is 11. The van der Waals surface area contributed by atoms with Crippen LogP contribution in [-0.2, 0) is 18.9 Å². The van der Waals surface area contributed by atoms with E-state index in [1.54, 1.807) is 84.9 Å². The van der Waals surface area contributed by atoms with Crippen LogP contribution in [0.2, 0.25) is 0 Å². The van der Waals surface area contributed by atoms with E-state index >= 15 is 0 Å². The van der Waals surface area contributed by atoms with E-state index in [2.05, 4.69) is 26.6 Å². The van der Waals surface area contributed by atoms with Gasteiger partial charge in [-0.2, -0.15) is 11.8 Å². The number of para-hydroxylation sites is 2. The van der Waals surface area contributed by atoms with Crippen LogP contribution in [0.1, 0.15) is 55.4 Å². The molecule has 2 heterocycles. The van der Waals surface area contributed by atoms with Gasteiger partial charge in [-0.15, -0.1) is 0 Å². The molecule has 8 N–H and O–H groups in total. The molecule has 0 bridgehead atoms. The van der Waals surface area contributed by atoms with Crippen molar-refractivity contribution in [3.63, 3.8) is 0 Å². The highest BCUT2D eigenvalue weighted by Gasteiger charge is 2.43. The Morgan fingerprint density at radius 2 is 1.39 bits per heavy atom. The second-order valence-corrected chi connectivity index (χ2v) is 19.0. The van der Waals surface area contributed by atoms with Gasteiger partial charge in [-0.1, -0.05) is 88.7 Å². The molecule has 2 fully saturated rings. The van der Waals surface area contributed by atoms with Crippen molar-refractivity contribution in [2.45, 2.75) is 61.6 Å². The van der Waals surface area contributed by atoms with Crippen LogP contribution in [0.3, 0.4) is 0 Å². The Bertz CT molecular complexity index is 1780. The molecule has 5 amide bonds. The van der Waals surface area contributed by atoms with Crippen molar-refractivity contribution < 1.29 is 32.8 Å². The van der Waals surface area contributed by atoms with Crippen LogP contribution >= 0.6 is 40.9 Å². The molecule has 18 heteroatoms. The Kier molecular flexibility index (Phi) is 16.7. The van der Waals surface area contributed by atoms with Gasteiger partial charge in [0.05, 0.1) is 12.1 Å². The van der Waals surface area contributed by atoms with Gasteiger partial charge >= 0.3 is 13.6 Å². The van der Waals surface area contributed by atoms with Crippen LogP contribution in [0.4, 0.5) is 4.79 Å². The average molecular weight is 842 g/mol. The van der Waals surface area contributed by atoms with E-state index in [0.717, 1.165) is 25.0 Å². The van der Waals surface area contributed by atoms with Crippen molar-refractivity contribution in [1.82, 2.24) is 26.6 Å². The third kappa shape index (κ3) is 13.4. The number of urea groups is 1. The fourth-order valence-corrected chi connectivity index (χ4v) is 11.5. The first kappa shape index (κ1) is 42.8. The molecule has 14 nitrogen and oxygen atoms in total. The van der Waals surface area contributed by atoms with Crippen LogP contribution in [-0.4, -0.2) is 77.3 Å². The molecule has 0 radical (unpaired) electrons. The number of fused-ring (bicyclic) bond motifs is 1. The number of unbranched alkanes of at least 4 members (excludes halogenated alkanes) is 1. The lowest BCUT2D eigenvalue weighted by atomic mass is 10.0. The van der Waals surface area contributed by atoms with Crippen molar-refractivity contribution in [2.24, 2.45) is 5.73 Å². The molecule has 300 valence electrons. The predicted molar refractivity (Wildman–Crippen MR) is 224 cm³/mol. The summed E-state index contributed by atoms with van der Waals surface area (Å²) in [6.45, 7) is 0.685. The number of nitrogens with two attached hydrogens (primary N) is 1. The molecule has 2 aliphatic heterocycles. The molecule has 1 unspecified atom stereocenters. The maximum atomic E-state index is 14.7. The monoisotopic (exact) mass is 841 g/mol. The van der Waals surface area contributed by atoms with E-state index in [1.165, 1.54) is 21.6 Å². The highest BCUT2D eigenvalue weighted by atomic mass is 33.1. The minimum Gasteiger partial charge on any atom is -0.414 e. The van der Waals surface area contributed by atoms with Crippen LogP contribution < -0.4 is 41.4 Å². The van der Waals surface area contributed by atoms with Crippen molar-refractivity contribution >= 4 is 70.5 Å². The zero-order valence-electron chi connectivity index (χ0n) is 30.8. The van der Waals surface area contributed by atoms with Gasteiger partial charge in [0, 0.05) is 60.4 Å². The molecule has 3 aromatic rings. The van der Waals surface area contributed by atoms with Crippen molar-refractivity contribution in [2.75, 3.05) is 30.3 Å². The Hall–Kier alpha value is -4.31. The van der Waals surface area contributed by atoms with E-state index in [4.69, 9.17) is 20.2 Å². The summed E-state index contributed by atoms with van der Waals surface area (Å²) >= 11 is 1.87. The third-order valence-electron chi connectivity index (χ3n) is 8.86. The average Bonchev–Trinajstić information content (AvgIpc) is 3.75. The fourth-order valence-electron chi connectivity index (χ4n) is 6.04. The number of nitrogen functional groups attached to an aromatic ring is 1. The zero-order valence-corrected chi connectivity index (χ0v) is 34.1. The van der Waals surface area contributed by atoms with Gasteiger partial charge in [0.15, 0.2) is 5.78 Å². The van der Waals surface area contributed by atoms with Crippen LogP contribution in [0, 0.1) is 5.41 Å². The molecule has 2 saturated heterocycles. The van der Waals surface area contributed by atoms with E-state index in [1.807, 2.05) is 11.8 Å². The number of rotatable bonds is 23. The predicted octanol–water partition coefficient (Wildman–Crippen LogP) is 5.56. The number of amides is 5. The zero-order chi connectivity index (χ0) is 39.8. The summed E-state index contributed by atoms with van der Waals surface area (Å²) in [6, 6.07) is 23.9. The molecule has 56 heavy (non-hydrogen) atoms. The lowest BCUT2D eigenvalue weighted by Gasteiger charge is -2.28. The molecule has 4 atom stereocenters. The molecule has 5 rings (SSSR count). The first-order valence-electron chi connectivity index (χ1n) is 18.4. The van der Waals surface area contributed by atoms with Crippen molar-refractivity contribution in [3.05, 3.63) is 96.1 Å². The van der Waals surface area contributed by atoms with E-state index in [0.29, 0.717) is 58.9 Å². The number of benzene rings is 3. The van der Waals surface area contributed by atoms with E-state index < -0.39 is 13.4 Å². The molecule has 2 aliphatic rings. The maximum absolute atomic E-state index is 14.7. The van der Waals surface area contributed by atoms with Gasteiger partial charge in [0.25, 0.3) is 0 Å². The second-order valence-electron chi connectivity index (χ2n) is 13.1. The van der Waals surface area contributed by atoms with Gasteiger partial charge in [0.1, 0.15) is 17.3 Å². The highest BCUT2D eigenvalue weighted by Crippen LogP contribution is 2.59. The number of carbonyl (C=O) groups excluding carboxylic acids is 4. The lowest BCUT2D eigenvalue weighted by Crippen LogP contribution is -2.36. The summed E-state index contributed by atoms with van der Waals surface area (Å²) < 4.78 is 26.8. The summed E-state index contributed by atoms with van der Waals surface area (Å²) in [4.78, 5) is 49.4. The molecular formula is C38H48N7O7PS3. The summed E-state index contributed by atoms with van der Waals surface area (Å²) in [5, 5.41) is 22.6. The number of nitrogens with one attached hydrogen (secondary N) is 6. The Morgan fingerprint density at radius 1 is 0.821 bits per heavy atom. The first-order valence-corrected chi connectivity index (χ1v) is 23.5. The third-order valence-corrected chi connectivity index (χ3v) is 14.8. The largest absolute Gasteiger partial charge is 0.457 e. The maximum Gasteiger partial charge on any atom is 0.457 e. The quantitative estimate of drug-likeness (QED) is 0.0157. The van der Waals surface area contributed by atoms with Gasteiger partial charge < -0.3 is 41.4 Å². The van der Waals surface area contributed by atoms with Gasteiger partial charge in [-0.3, -0.25) is 19.8 Å². The number of hydrogen-bond donors (Lipinski definition) is 7. The summed E-state index contributed by atoms with van der Waals surface area (Å²) in [6.07, 6.45) is 3.44. The van der Waals surface area contributed by atoms with E-state index in [-0.39, 0.29) is 54.5 Å². The Labute approximate surface area is 339 Å². The van der Waals surface area contributed by atoms with Crippen LogP contribution in [0.25, 0.3) is 0 Å². The SMILES string of the molecule is N=C(N)c1ccc(C(NC(=O)CCSSCCC(=O)NCCNC(=O)CCCC[C@@H]2SC[C@@H]3NC(=O)N[C@@H]32)P(=O)(Oc2ccccc2)Oc2ccccc2)cc1. The second kappa shape index (κ2) is 21.8. The standard InChI is InChI=1S/C38H48N7O7PS3/c39-36(40)26-15-17-27(18-16-26)37(53(50,51-28-9-3-1-4-10-28)52-29-11-5-2-6-12-29)44-34(48)20-24-56-55-23-19-33(47)42-22-21-41-32(46)14-8-7-13-31-35-30(25-54-31)43-38(49)45-35/h1-6,9-12,15-18,30-31,35,37H,7-8,13-14,19-25H2,(H3,39,40)(H,41,46)(H,42,47)(H,44,48)(H2,43,45,49)/t30-,31-,35-,37?/m0/s1. The number of carbonyl (C=O) groups is 4. The molecule has 0 aromatic heterocycles. The highest BCUT2D eigenvalue weighted by molar-refractivity contribution is 8.76. The van der Waals surface area contributed by atoms with Gasteiger partial charge in [0.2, 0.25) is 17.7 Å². The Balaban J connectivity index is 1.00.